The van der Waals surface area contributed by atoms with Gasteiger partial charge in [0.05, 0.1) is 11.0 Å². The van der Waals surface area contributed by atoms with Crippen molar-refractivity contribution >= 4 is 16.6 Å². The zero-order valence-electron chi connectivity index (χ0n) is 15.8. The van der Waals surface area contributed by atoms with E-state index < -0.39 is 28.0 Å². The van der Waals surface area contributed by atoms with Gasteiger partial charge in [-0.05, 0) is 18.4 Å². The van der Waals surface area contributed by atoms with Crippen molar-refractivity contribution in [1.29, 1.82) is 0 Å². The van der Waals surface area contributed by atoms with Crippen LogP contribution >= 0.6 is 0 Å². The summed E-state index contributed by atoms with van der Waals surface area (Å²) in [5.74, 6) is 0. The van der Waals surface area contributed by atoms with Crippen molar-refractivity contribution in [2.45, 2.75) is 31.9 Å². The van der Waals surface area contributed by atoms with E-state index in [1.807, 2.05) is 37.3 Å². The maximum absolute atomic E-state index is 11.0. The Hall–Kier alpha value is -2.33. The molecule has 9 heteroatoms. The SMILES string of the molecule is CCCN(C[C@@H](O)[C@@H](N)Cc1ccccc1)[SH](=O)=O.O=[N+]([O-])c1ccccc1. The van der Waals surface area contributed by atoms with E-state index in [9.17, 15) is 23.6 Å². The van der Waals surface area contributed by atoms with Crippen LogP contribution in [0.2, 0.25) is 0 Å². The zero-order valence-corrected chi connectivity index (χ0v) is 16.7. The van der Waals surface area contributed by atoms with Crippen LogP contribution in [0.4, 0.5) is 5.69 Å². The molecule has 0 spiro atoms. The van der Waals surface area contributed by atoms with Crippen molar-refractivity contribution in [3.05, 3.63) is 76.3 Å². The van der Waals surface area contributed by atoms with Gasteiger partial charge in [-0.25, -0.2) is 12.7 Å². The lowest BCUT2D eigenvalue weighted by Gasteiger charge is -2.23. The first-order chi connectivity index (χ1) is 13.3. The van der Waals surface area contributed by atoms with E-state index in [2.05, 4.69) is 0 Å². The number of benzene rings is 2. The molecule has 2 aromatic rings. The fraction of sp³-hybridized carbons (Fsp3) is 0.368. The minimum absolute atomic E-state index is 0.0561. The Morgan fingerprint density at radius 2 is 1.64 bits per heavy atom. The highest BCUT2D eigenvalue weighted by molar-refractivity contribution is 7.69. The topological polar surface area (TPSA) is 127 Å². The molecule has 0 aliphatic heterocycles. The Morgan fingerprint density at radius 3 is 2.07 bits per heavy atom. The molecule has 3 N–H and O–H groups in total. The first-order valence-electron chi connectivity index (χ1n) is 8.91. The third-order valence-electron chi connectivity index (χ3n) is 3.89. The third kappa shape index (κ3) is 9.05. The second kappa shape index (κ2) is 12.9. The lowest BCUT2D eigenvalue weighted by Crippen LogP contribution is -2.44. The van der Waals surface area contributed by atoms with Crippen LogP contribution in [0.5, 0.6) is 0 Å². The Bertz CT molecular complexity index is 764. The summed E-state index contributed by atoms with van der Waals surface area (Å²) in [7, 11) is -2.67. The Balaban J connectivity index is 0.000000362. The van der Waals surface area contributed by atoms with E-state index in [1.54, 1.807) is 18.2 Å². The van der Waals surface area contributed by atoms with Crippen molar-refractivity contribution in [3.63, 3.8) is 0 Å². The highest BCUT2D eigenvalue weighted by atomic mass is 32.2. The van der Waals surface area contributed by atoms with Gasteiger partial charge in [0.25, 0.3) is 5.69 Å². The van der Waals surface area contributed by atoms with Crippen molar-refractivity contribution < 1.29 is 18.4 Å². The van der Waals surface area contributed by atoms with E-state index in [1.165, 1.54) is 16.4 Å². The molecule has 2 atom stereocenters. The molecule has 2 aromatic carbocycles. The summed E-state index contributed by atoms with van der Waals surface area (Å²) >= 11 is 0. The van der Waals surface area contributed by atoms with Crippen molar-refractivity contribution in [3.8, 4) is 0 Å². The quantitative estimate of drug-likeness (QED) is 0.329. The number of hydrogen-bond acceptors (Lipinski definition) is 6. The molecule has 154 valence electrons. The van der Waals surface area contributed by atoms with Crippen LogP contribution in [-0.2, 0) is 17.3 Å². The van der Waals surface area contributed by atoms with Gasteiger partial charge in [-0.3, -0.25) is 10.1 Å². The van der Waals surface area contributed by atoms with Gasteiger partial charge in [-0.1, -0.05) is 55.5 Å². The number of thiol groups is 1. The third-order valence-corrected chi connectivity index (χ3v) is 4.71. The Morgan fingerprint density at radius 1 is 1.11 bits per heavy atom. The molecule has 0 amide bonds. The number of hydrogen-bond donors (Lipinski definition) is 3. The van der Waals surface area contributed by atoms with E-state index >= 15 is 0 Å². The smallest absolute Gasteiger partial charge is 0.269 e. The molecule has 0 bridgehead atoms. The summed E-state index contributed by atoms with van der Waals surface area (Å²) in [5, 5.41) is 20.0. The maximum Gasteiger partial charge on any atom is 0.269 e. The van der Waals surface area contributed by atoms with Crippen LogP contribution in [-0.4, -0.2) is 48.0 Å². The number of nitro benzene ring substituents is 1. The van der Waals surface area contributed by atoms with E-state index in [-0.39, 0.29) is 12.2 Å². The predicted molar refractivity (Wildman–Crippen MR) is 109 cm³/mol. The Labute approximate surface area is 166 Å². The van der Waals surface area contributed by atoms with Gasteiger partial charge in [0.2, 0.25) is 10.9 Å². The summed E-state index contributed by atoms with van der Waals surface area (Å²) in [6, 6.07) is 17.1. The molecule has 0 fully saturated rings. The van der Waals surface area contributed by atoms with Gasteiger partial charge in [0.15, 0.2) is 0 Å². The molecule has 2 rings (SSSR count). The molecule has 0 radical (unpaired) electrons. The molecule has 0 unspecified atom stereocenters. The summed E-state index contributed by atoms with van der Waals surface area (Å²) in [6.45, 7) is 2.36. The van der Waals surface area contributed by atoms with Crippen LogP contribution in [0.3, 0.4) is 0 Å². The number of nitrogens with two attached hydrogens (primary N) is 1. The number of para-hydroxylation sites is 1. The van der Waals surface area contributed by atoms with Gasteiger partial charge in [0, 0.05) is 31.3 Å². The fourth-order valence-corrected chi connectivity index (χ4v) is 3.08. The summed E-state index contributed by atoms with van der Waals surface area (Å²) in [5.41, 5.74) is 7.09. The first kappa shape index (κ1) is 23.7. The molecule has 0 aliphatic rings. The van der Waals surface area contributed by atoms with Crippen LogP contribution in [0.25, 0.3) is 0 Å². The van der Waals surface area contributed by atoms with Crippen molar-refractivity contribution in [2.24, 2.45) is 5.73 Å². The normalized spacial score (nSPS) is 12.9. The van der Waals surface area contributed by atoms with Crippen LogP contribution in [0, 0.1) is 10.1 Å². The van der Waals surface area contributed by atoms with Crippen LogP contribution in [0.15, 0.2) is 60.7 Å². The Kier molecular flexibility index (Phi) is 11.0. The molecule has 0 heterocycles. The first-order valence-corrected chi connectivity index (χ1v) is 10.0. The number of nitrogens with zero attached hydrogens (tertiary/aromatic N) is 2. The predicted octanol–water partition coefficient (Wildman–Crippen LogP) is 1.75. The highest BCUT2D eigenvalue weighted by Crippen LogP contribution is 2.07. The fourth-order valence-electron chi connectivity index (χ4n) is 2.42. The van der Waals surface area contributed by atoms with Gasteiger partial charge < -0.3 is 10.8 Å². The molecule has 0 saturated heterocycles. The number of non-ortho nitro benzene ring substituents is 1. The molecular formula is C19H27N3O5S. The molecule has 0 aromatic heterocycles. The maximum atomic E-state index is 11.0. The van der Waals surface area contributed by atoms with E-state index in [0.29, 0.717) is 19.4 Å². The molecular weight excluding hydrogens is 382 g/mol. The van der Waals surface area contributed by atoms with Gasteiger partial charge in [-0.15, -0.1) is 0 Å². The largest absolute Gasteiger partial charge is 0.390 e. The highest BCUT2D eigenvalue weighted by Gasteiger charge is 2.19. The lowest BCUT2D eigenvalue weighted by molar-refractivity contribution is -0.384. The average molecular weight is 410 g/mol. The summed E-state index contributed by atoms with van der Waals surface area (Å²) in [4.78, 5) is 9.59. The lowest BCUT2D eigenvalue weighted by atomic mass is 10.0. The molecule has 0 saturated carbocycles. The number of rotatable bonds is 9. The second-order valence-electron chi connectivity index (χ2n) is 6.16. The number of aliphatic hydroxyl groups is 1. The minimum atomic E-state index is -2.67. The molecule has 0 aliphatic carbocycles. The molecule has 28 heavy (non-hydrogen) atoms. The minimum Gasteiger partial charge on any atom is -0.390 e. The number of nitro groups is 1. The van der Waals surface area contributed by atoms with Crippen molar-refractivity contribution in [1.82, 2.24) is 4.31 Å². The monoisotopic (exact) mass is 409 g/mol. The van der Waals surface area contributed by atoms with Gasteiger partial charge in [0.1, 0.15) is 0 Å². The van der Waals surface area contributed by atoms with Crippen LogP contribution in [0.1, 0.15) is 18.9 Å². The van der Waals surface area contributed by atoms with Crippen LogP contribution < -0.4 is 5.73 Å². The van der Waals surface area contributed by atoms with Gasteiger partial charge in [-0.2, -0.15) is 0 Å². The van der Waals surface area contributed by atoms with Gasteiger partial charge >= 0.3 is 0 Å². The summed E-state index contributed by atoms with van der Waals surface area (Å²) < 4.78 is 23.3. The summed E-state index contributed by atoms with van der Waals surface area (Å²) in [6.07, 6.45) is 0.376. The second-order valence-corrected chi connectivity index (χ2v) is 7.21. The van der Waals surface area contributed by atoms with Crippen molar-refractivity contribution in [2.75, 3.05) is 13.1 Å². The van der Waals surface area contributed by atoms with E-state index in [4.69, 9.17) is 5.73 Å². The molecule has 8 nitrogen and oxygen atoms in total. The average Bonchev–Trinajstić information content (AvgIpc) is 2.69. The van der Waals surface area contributed by atoms with E-state index in [0.717, 1.165) is 5.56 Å². The standard InChI is InChI=1S/C13H22N2O3S.C6H5NO2/c1-2-8-15(19(17)18)10-13(16)12(14)9-11-6-4-3-5-7-11;8-7(9)6-4-2-1-3-5-6/h3-7,12-13,16,19H,2,8-10,14H2,1H3;1-5H/t12-,13+;/m0./s1. The zero-order chi connectivity index (χ0) is 20.9. The number of aliphatic hydroxyl groups excluding tert-OH is 1.